The van der Waals surface area contributed by atoms with Crippen molar-refractivity contribution in [2.24, 2.45) is 25.9 Å². The Bertz CT molecular complexity index is 1940. The zero-order valence-corrected chi connectivity index (χ0v) is 35.2. The number of carbonyl (C=O) groups excluding carboxylic acids is 4. The first-order valence-corrected chi connectivity index (χ1v) is 21.1. The molecule has 4 amide bonds. The first-order chi connectivity index (χ1) is 28.3. The normalized spacial score (nSPS) is 19.1. The highest BCUT2D eigenvalue weighted by molar-refractivity contribution is 6.62. The summed E-state index contributed by atoms with van der Waals surface area (Å²) in [6.07, 6.45) is 9.84. The fraction of sp³-hybridized carbons (Fsp3) is 0.500. The molecule has 2 N–H and O–H groups in total. The maximum atomic E-state index is 13.8. The van der Waals surface area contributed by atoms with Crippen molar-refractivity contribution in [1.82, 2.24) is 18.9 Å². The van der Waals surface area contributed by atoms with Crippen LogP contribution in [0.5, 0.6) is 0 Å². The summed E-state index contributed by atoms with van der Waals surface area (Å²) < 4.78 is 19.6. The quantitative estimate of drug-likeness (QED) is 0.135. The van der Waals surface area contributed by atoms with Crippen LogP contribution in [-0.2, 0) is 46.0 Å². The number of cyclic esters (lactones) is 2. The Hall–Kier alpha value is -5.28. The summed E-state index contributed by atoms with van der Waals surface area (Å²) in [6.45, 7) is 7.73. The zero-order chi connectivity index (χ0) is 42.4. The molecule has 59 heavy (non-hydrogen) atoms. The molecule has 0 spiro atoms. The summed E-state index contributed by atoms with van der Waals surface area (Å²) in [5.41, 5.74) is 3.04. The van der Waals surface area contributed by atoms with E-state index in [1.54, 1.807) is 62.4 Å². The summed E-state index contributed by atoms with van der Waals surface area (Å²) in [5, 5.41) is 22.1. The van der Waals surface area contributed by atoms with Gasteiger partial charge in [0.05, 0.1) is 62.6 Å². The number of nitrogens with zero attached hydrogens (tertiary/aromatic N) is 6. The number of rotatable bonds is 18. The van der Waals surface area contributed by atoms with Gasteiger partial charge < -0.3 is 28.6 Å². The van der Waals surface area contributed by atoms with Crippen molar-refractivity contribution in [2.75, 3.05) is 13.2 Å². The third-order valence-corrected chi connectivity index (χ3v) is 12.6. The van der Waals surface area contributed by atoms with Crippen LogP contribution in [0, 0.1) is 11.8 Å². The highest BCUT2D eigenvalue weighted by Crippen LogP contribution is 2.29. The van der Waals surface area contributed by atoms with Gasteiger partial charge in [-0.15, -0.1) is 0 Å². The molecular weight excluding hydrogens is 751 g/mol. The second-order valence-electron chi connectivity index (χ2n) is 16.6. The Morgan fingerprint density at radius 2 is 1.07 bits per heavy atom. The van der Waals surface area contributed by atoms with Crippen molar-refractivity contribution in [3.05, 3.63) is 108 Å². The van der Waals surface area contributed by atoms with E-state index in [2.05, 4.69) is 47.9 Å². The van der Waals surface area contributed by atoms with Crippen molar-refractivity contribution >= 4 is 30.4 Å². The molecule has 316 valence electrons. The van der Waals surface area contributed by atoms with Gasteiger partial charge in [0, 0.05) is 12.8 Å². The van der Waals surface area contributed by atoms with Crippen molar-refractivity contribution in [1.29, 1.82) is 0 Å². The average Bonchev–Trinajstić information content (AvgIpc) is 4.02. The number of aromatic nitrogens is 4. The van der Waals surface area contributed by atoms with Crippen molar-refractivity contribution in [3.63, 3.8) is 0 Å². The smallest absolute Gasteiger partial charge is 0.416 e. The molecule has 2 aliphatic heterocycles. The van der Waals surface area contributed by atoms with Gasteiger partial charge >= 0.3 is 18.6 Å². The Balaban J connectivity index is 1.26. The molecule has 2 aromatic carbocycles. The van der Waals surface area contributed by atoms with E-state index in [0.29, 0.717) is 24.0 Å². The van der Waals surface area contributed by atoms with Gasteiger partial charge in [0.25, 0.3) is 0 Å². The molecule has 0 saturated carbocycles. The molecule has 0 radical (unpaired) electrons. The summed E-state index contributed by atoms with van der Waals surface area (Å²) in [7, 11) is 3.94. The topological polar surface area (TPSA) is 151 Å². The van der Waals surface area contributed by atoms with Crippen molar-refractivity contribution < 1.29 is 47.8 Å². The van der Waals surface area contributed by atoms with Crippen LogP contribution in [0.15, 0.2) is 85.7 Å². The number of ether oxygens (including phenoxy) is 2. The minimum Gasteiger partial charge on any atom is -0.447 e. The standard InChI is InChI=1S/C44H60BN6O8/c1-7-9-21-45(22-10-8-2,48-25-35(46(5)29-48)23-37-27-58-43(56)50(37)41(54)31(3)39(52)33-17-13-11-14-18-33)49-26-36(47(6)30-49)24-38-28-59-44(57)51(38)42(55)32(4)40(53)34-19-15-12-16-20-34/h11-20,25-26,29-32,37-40,52-53H,7-10,21-24,27-28H2,1-6H3/q+1/t31-,32-,37-,38-,39-,40-/m0/s1. The van der Waals surface area contributed by atoms with Gasteiger partial charge in [-0.2, -0.15) is 0 Å². The SMILES string of the molecule is CCCC[B-](CCCC)([n+]1cc(C[C@H]2COC(=O)N2C(=O)[C@@H](C)[C@H](O)c2ccccc2)n(C)c1)[n+]1cc(C[C@H]2COC(=O)N2C(=O)[C@@H](C)[C@H](O)c2ccccc2)n(C)c1. The summed E-state index contributed by atoms with van der Waals surface area (Å²) in [4.78, 5) is 56.0. The lowest BCUT2D eigenvalue weighted by Crippen LogP contribution is -2.80. The number of amides is 4. The van der Waals surface area contributed by atoms with Gasteiger partial charge in [-0.25, -0.2) is 28.5 Å². The zero-order valence-electron chi connectivity index (χ0n) is 35.2. The van der Waals surface area contributed by atoms with E-state index in [9.17, 15) is 29.4 Å². The first-order valence-electron chi connectivity index (χ1n) is 21.1. The lowest BCUT2D eigenvalue weighted by Gasteiger charge is -2.33. The molecule has 14 nitrogen and oxygen atoms in total. The van der Waals surface area contributed by atoms with E-state index < -0.39 is 66.5 Å². The number of benzene rings is 2. The molecule has 0 bridgehead atoms. The van der Waals surface area contributed by atoms with Gasteiger partial charge in [-0.3, -0.25) is 9.59 Å². The lowest BCUT2D eigenvalue weighted by atomic mass is 9.39. The summed E-state index contributed by atoms with van der Waals surface area (Å²) >= 11 is 0. The Kier molecular flexibility index (Phi) is 13.8. The van der Waals surface area contributed by atoms with Gasteiger partial charge in [-0.1, -0.05) is 127 Å². The number of aliphatic hydroxyl groups is 2. The second-order valence-corrected chi connectivity index (χ2v) is 16.6. The molecule has 0 aliphatic carbocycles. The second kappa shape index (κ2) is 18.8. The van der Waals surface area contributed by atoms with Crippen LogP contribution in [0.3, 0.4) is 0 Å². The maximum absolute atomic E-state index is 13.8. The number of aliphatic hydroxyl groups excluding tert-OH is 2. The molecule has 2 saturated heterocycles. The Labute approximate surface area is 346 Å². The molecule has 6 atom stereocenters. The monoisotopic (exact) mass is 811 g/mol. The molecule has 4 aromatic rings. The van der Waals surface area contributed by atoms with Crippen LogP contribution in [0.25, 0.3) is 0 Å². The minimum atomic E-state index is -1.46. The number of carbonyl (C=O) groups is 4. The molecular formula is C44H60BN6O8+. The summed E-state index contributed by atoms with van der Waals surface area (Å²) in [5.74, 6) is -2.70. The van der Waals surface area contributed by atoms with Crippen LogP contribution in [0.2, 0.25) is 12.6 Å². The third-order valence-electron chi connectivity index (χ3n) is 12.6. The van der Waals surface area contributed by atoms with Crippen LogP contribution >= 0.6 is 0 Å². The number of hydrogen-bond donors (Lipinski definition) is 2. The molecule has 2 aliphatic rings. The number of imidazole rings is 2. The summed E-state index contributed by atoms with van der Waals surface area (Å²) in [6, 6.07) is 16.8. The molecule has 0 unspecified atom stereocenters. The fourth-order valence-electron chi connectivity index (χ4n) is 8.85. The number of aryl methyl sites for hydroxylation is 2. The Morgan fingerprint density at radius 3 is 1.42 bits per heavy atom. The van der Waals surface area contributed by atoms with Crippen molar-refractivity contribution in [2.45, 2.75) is 103 Å². The highest BCUT2D eigenvalue weighted by atomic mass is 16.6. The van der Waals surface area contributed by atoms with Gasteiger partial charge in [0.15, 0.2) is 12.7 Å². The van der Waals surface area contributed by atoms with Crippen LogP contribution in [-0.4, -0.2) is 84.9 Å². The van der Waals surface area contributed by atoms with E-state index in [4.69, 9.17) is 9.47 Å². The van der Waals surface area contributed by atoms with Crippen molar-refractivity contribution in [3.8, 4) is 0 Å². The molecule has 2 fully saturated rings. The lowest BCUT2D eigenvalue weighted by molar-refractivity contribution is -0.690. The van der Waals surface area contributed by atoms with E-state index in [-0.39, 0.29) is 13.2 Å². The van der Waals surface area contributed by atoms with E-state index in [0.717, 1.165) is 49.7 Å². The third kappa shape index (κ3) is 9.01. The number of hydrogen-bond acceptors (Lipinski definition) is 8. The van der Waals surface area contributed by atoms with Crippen LogP contribution in [0.1, 0.15) is 88.1 Å². The number of unbranched alkanes of at least 4 members (excludes halogenated alkanes) is 2. The highest BCUT2D eigenvalue weighted by Gasteiger charge is 2.46. The predicted molar refractivity (Wildman–Crippen MR) is 220 cm³/mol. The van der Waals surface area contributed by atoms with Gasteiger partial charge in [-0.05, 0) is 11.1 Å². The molecule has 4 heterocycles. The molecule has 2 aromatic heterocycles. The van der Waals surface area contributed by atoms with Gasteiger partial charge in [0.2, 0.25) is 11.8 Å². The van der Waals surface area contributed by atoms with Gasteiger partial charge in [0.1, 0.15) is 24.6 Å². The molecule has 15 heteroatoms. The van der Waals surface area contributed by atoms with Crippen LogP contribution in [0.4, 0.5) is 9.59 Å². The molecule has 6 rings (SSSR count). The first kappa shape index (κ1) is 43.3. The van der Waals surface area contributed by atoms with E-state index >= 15 is 0 Å². The average molecular weight is 812 g/mol. The number of imide groups is 2. The van der Waals surface area contributed by atoms with E-state index in [1.165, 1.54) is 9.80 Å². The fourth-order valence-corrected chi connectivity index (χ4v) is 8.85. The predicted octanol–water partition coefficient (Wildman–Crippen LogP) is 4.90. The largest absolute Gasteiger partial charge is 0.447 e. The minimum absolute atomic E-state index is 0.0551. The van der Waals surface area contributed by atoms with Crippen LogP contribution < -0.4 is 8.96 Å². The maximum Gasteiger partial charge on any atom is 0.416 e. The Morgan fingerprint density at radius 1 is 0.695 bits per heavy atom. The van der Waals surface area contributed by atoms with E-state index in [1.807, 2.05) is 35.4 Å².